The molecule has 0 N–H and O–H groups in total. The minimum Gasteiger partial charge on any atom is -0.361 e. The lowest BCUT2D eigenvalue weighted by molar-refractivity contribution is 0.385. The summed E-state index contributed by atoms with van der Waals surface area (Å²) in [5.41, 5.74) is 2.11. The molecule has 0 radical (unpaired) electrons. The van der Waals surface area contributed by atoms with Gasteiger partial charge in [-0.15, -0.1) is 0 Å². The van der Waals surface area contributed by atoms with Gasteiger partial charge < -0.3 is 9.42 Å². The second-order valence-electron chi connectivity index (χ2n) is 5.18. The Morgan fingerprint density at radius 1 is 1.35 bits per heavy atom. The molecule has 0 amide bonds. The van der Waals surface area contributed by atoms with Crippen LogP contribution >= 0.6 is 11.3 Å². The third kappa shape index (κ3) is 1.89. The number of aromatic nitrogens is 2. The highest BCUT2D eigenvalue weighted by Crippen LogP contribution is 2.39. The molecular weight excluding hydrogens is 270 g/mol. The quantitative estimate of drug-likeness (QED) is 0.715. The van der Waals surface area contributed by atoms with Crippen molar-refractivity contribution in [1.82, 2.24) is 10.1 Å². The van der Waals surface area contributed by atoms with Crippen LogP contribution in [0.1, 0.15) is 30.3 Å². The molecule has 0 unspecified atom stereocenters. The summed E-state index contributed by atoms with van der Waals surface area (Å²) in [5, 5.41) is 5.28. The Labute approximate surface area is 121 Å². The Kier molecular flexibility index (Phi) is 2.73. The Hall–Kier alpha value is -1.88. The summed E-state index contributed by atoms with van der Waals surface area (Å²) in [6, 6.07) is 10.6. The molecule has 0 aliphatic carbocycles. The van der Waals surface area contributed by atoms with Gasteiger partial charge in [0.2, 0.25) is 0 Å². The van der Waals surface area contributed by atoms with Gasteiger partial charge in [-0.1, -0.05) is 28.6 Å². The molecule has 3 heterocycles. The average Bonchev–Trinajstić information content (AvgIpc) is 3.15. The molecule has 1 aromatic carbocycles. The van der Waals surface area contributed by atoms with Crippen LogP contribution in [-0.2, 0) is 0 Å². The summed E-state index contributed by atoms with van der Waals surface area (Å²) >= 11 is 1.76. The lowest BCUT2D eigenvalue weighted by Gasteiger charge is -2.21. The predicted molar refractivity (Wildman–Crippen MR) is 80.2 cm³/mol. The largest absolute Gasteiger partial charge is 0.361 e. The van der Waals surface area contributed by atoms with E-state index in [-0.39, 0.29) is 0 Å². The number of para-hydroxylation sites is 1. The van der Waals surface area contributed by atoms with E-state index in [1.54, 1.807) is 11.3 Å². The van der Waals surface area contributed by atoms with Crippen LogP contribution in [0.5, 0.6) is 0 Å². The minimum absolute atomic E-state index is 0.299. The van der Waals surface area contributed by atoms with Crippen LogP contribution < -0.4 is 4.90 Å². The number of anilines is 1. The minimum atomic E-state index is 0.299. The molecule has 4 rings (SSSR count). The first kappa shape index (κ1) is 11.9. The summed E-state index contributed by atoms with van der Waals surface area (Å²) in [4.78, 5) is 7.13. The van der Waals surface area contributed by atoms with Crippen LogP contribution in [-0.4, -0.2) is 16.7 Å². The molecule has 102 valence electrons. The third-order valence-corrected chi connectivity index (χ3v) is 4.84. The summed E-state index contributed by atoms with van der Waals surface area (Å²) in [5.74, 6) is 0.871. The summed E-state index contributed by atoms with van der Waals surface area (Å²) in [7, 11) is 0. The highest BCUT2D eigenvalue weighted by molar-refractivity contribution is 7.22. The zero-order valence-electron chi connectivity index (χ0n) is 11.2. The van der Waals surface area contributed by atoms with Crippen LogP contribution in [0.2, 0.25) is 0 Å². The topological polar surface area (TPSA) is 42.2 Å². The summed E-state index contributed by atoms with van der Waals surface area (Å²) in [6.45, 7) is 2.98. The molecule has 1 aliphatic heterocycles. The van der Waals surface area contributed by atoms with Gasteiger partial charge in [0, 0.05) is 12.6 Å². The van der Waals surface area contributed by atoms with Gasteiger partial charge in [-0.2, -0.15) is 0 Å². The van der Waals surface area contributed by atoms with E-state index in [1.165, 1.54) is 11.1 Å². The van der Waals surface area contributed by atoms with Crippen molar-refractivity contribution in [3.63, 3.8) is 0 Å². The van der Waals surface area contributed by atoms with Gasteiger partial charge in [0.25, 0.3) is 0 Å². The van der Waals surface area contributed by atoms with Crippen molar-refractivity contribution in [1.29, 1.82) is 0 Å². The normalized spacial score (nSPS) is 19.1. The molecule has 0 spiro atoms. The van der Waals surface area contributed by atoms with E-state index in [1.807, 2.05) is 19.1 Å². The van der Waals surface area contributed by atoms with Crippen LogP contribution in [0, 0.1) is 6.92 Å². The zero-order chi connectivity index (χ0) is 13.5. The van der Waals surface area contributed by atoms with Gasteiger partial charge in [-0.25, -0.2) is 4.98 Å². The Balaban J connectivity index is 1.72. The highest BCUT2D eigenvalue weighted by Gasteiger charge is 2.30. The number of thiazole rings is 1. The standard InChI is InChI=1S/C15H15N3OS/c1-10-9-12(17-19-10)13-6-4-8-18(13)15-16-11-5-2-3-7-14(11)20-15/h2-3,5,7,9,13H,4,6,8H2,1H3/t13-/m1/s1. The first-order valence-electron chi connectivity index (χ1n) is 6.87. The maximum Gasteiger partial charge on any atom is 0.187 e. The van der Waals surface area contributed by atoms with E-state index in [0.29, 0.717) is 6.04 Å². The zero-order valence-corrected chi connectivity index (χ0v) is 12.1. The fraction of sp³-hybridized carbons (Fsp3) is 0.333. The smallest absolute Gasteiger partial charge is 0.187 e. The lowest BCUT2D eigenvalue weighted by atomic mass is 10.1. The highest BCUT2D eigenvalue weighted by atomic mass is 32.1. The molecule has 0 saturated carbocycles. The van der Waals surface area contributed by atoms with Gasteiger partial charge >= 0.3 is 0 Å². The fourth-order valence-corrected chi connectivity index (χ4v) is 3.87. The molecule has 3 aromatic rings. The summed E-state index contributed by atoms with van der Waals surface area (Å²) < 4.78 is 6.47. The second kappa shape index (κ2) is 4.59. The molecule has 5 heteroatoms. The molecule has 20 heavy (non-hydrogen) atoms. The Morgan fingerprint density at radius 3 is 3.05 bits per heavy atom. The number of benzene rings is 1. The van der Waals surface area contributed by atoms with Gasteiger partial charge in [0.1, 0.15) is 11.5 Å². The molecule has 2 aromatic heterocycles. The Morgan fingerprint density at radius 2 is 2.25 bits per heavy atom. The van der Waals surface area contributed by atoms with E-state index in [0.717, 1.165) is 35.1 Å². The first-order valence-corrected chi connectivity index (χ1v) is 7.68. The molecule has 0 bridgehead atoms. The van der Waals surface area contributed by atoms with Crippen molar-refractivity contribution in [2.45, 2.75) is 25.8 Å². The van der Waals surface area contributed by atoms with Gasteiger partial charge in [-0.05, 0) is 31.9 Å². The molecule has 1 aliphatic rings. The first-order chi connectivity index (χ1) is 9.81. The molecule has 1 fully saturated rings. The number of hydrogen-bond donors (Lipinski definition) is 0. The van der Waals surface area contributed by atoms with Crippen LogP contribution in [0.3, 0.4) is 0 Å². The van der Waals surface area contributed by atoms with Crippen molar-refractivity contribution in [2.24, 2.45) is 0 Å². The van der Waals surface area contributed by atoms with E-state index in [2.05, 4.69) is 28.3 Å². The number of hydrogen-bond acceptors (Lipinski definition) is 5. The van der Waals surface area contributed by atoms with E-state index >= 15 is 0 Å². The van der Waals surface area contributed by atoms with E-state index < -0.39 is 0 Å². The second-order valence-corrected chi connectivity index (χ2v) is 6.19. The van der Waals surface area contributed by atoms with Crippen LogP contribution in [0.4, 0.5) is 5.13 Å². The van der Waals surface area contributed by atoms with Crippen molar-refractivity contribution in [3.8, 4) is 0 Å². The van der Waals surface area contributed by atoms with Crippen LogP contribution in [0.15, 0.2) is 34.9 Å². The van der Waals surface area contributed by atoms with Gasteiger partial charge in [-0.3, -0.25) is 0 Å². The summed E-state index contributed by atoms with van der Waals surface area (Å²) in [6.07, 6.45) is 2.29. The van der Waals surface area contributed by atoms with E-state index in [4.69, 9.17) is 9.51 Å². The third-order valence-electron chi connectivity index (χ3n) is 3.77. The van der Waals surface area contributed by atoms with Gasteiger partial charge in [0.15, 0.2) is 5.13 Å². The molecular formula is C15H15N3OS. The maximum absolute atomic E-state index is 5.23. The number of fused-ring (bicyclic) bond motifs is 1. The van der Waals surface area contributed by atoms with Crippen molar-refractivity contribution >= 4 is 26.7 Å². The lowest BCUT2D eigenvalue weighted by Crippen LogP contribution is -2.22. The van der Waals surface area contributed by atoms with Crippen molar-refractivity contribution in [2.75, 3.05) is 11.4 Å². The SMILES string of the molecule is Cc1cc([C@H]2CCCN2c2nc3ccccc3s2)no1. The predicted octanol–water partition coefficient (Wildman–Crippen LogP) is 3.93. The van der Waals surface area contributed by atoms with Crippen LogP contribution in [0.25, 0.3) is 10.2 Å². The van der Waals surface area contributed by atoms with E-state index in [9.17, 15) is 0 Å². The molecule has 4 nitrogen and oxygen atoms in total. The van der Waals surface area contributed by atoms with Gasteiger partial charge in [0.05, 0.1) is 16.3 Å². The monoisotopic (exact) mass is 285 g/mol. The number of rotatable bonds is 2. The van der Waals surface area contributed by atoms with Crippen molar-refractivity contribution in [3.05, 3.63) is 41.8 Å². The van der Waals surface area contributed by atoms with Crippen molar-refractivity contribution < 1.29 is 4.52 Å². The molecule has 1 atom stereocenters. The number of nitrogens with zero attached hydrogens (tertiary/aromatic N) is 3. The average molecular weight is 285 g/mol. The Bertz CT molecular complexity index is 715. The fourth-order valence-electron chi connectivity index (χ4n) is 2.83. The molecule has 1 saturated heterocycles. The number of aryl methyl sites for hydroxylation is 1. The maximum atomic E-state index is 5.23.